The van der Waals surface area contributed by atoms with Crippen molar-refractivity contribution in [1.29, 1.82) is 0 Å². The van der Waals surface area contributed by atoms with E-state index < -0.39 is 5.72 Å². The van der Waals surface area contributed by atoms with Crippen LogP contribution in [0.2, 0.25) is 0 Å². The summed E-state index contributed by atoms with van der Waals surface area (Å²) >= 11 is 0. The Morgan fingerprint density at radius 2 is 1.88 bits per heavy atom. The monoisotopic (exact) mass is 449 g/mol. The first-order chi connectivity index (χ1) is 16.0. The zero-order chi connectivity index (χ0) is 23.0. The van der Waals surface area contributed by atoms with E-state index in [2.05, 4.69) is 39.4 Å². The molecule has 0 spiro atoms. The molecule has 33 heavy (non-hydrogen) atoms. The standard InChI is InChI=1S/C27H35N3O3/c1-27(33-3,21-10-12-22(32-2)13-11-21)28-26(31)30-15-6-8-20-18-29-16-14-19-7-4-5-9-23(19)25(29)17-24(20)30/h4-5,7,9-13,20,24-25H,6,8,14-18H2,1-3H3,(H,28,31)/t20-,24+,25-,27-/m1/s1. The molecule has 0 aliphatic carbocycles. The molecule has 6 nitrogen and oxygen atoms in total. The lowest BCUT2D eigenvalue weighted by Crippen LogP contribution is -2.61. The van der Waals surface area contributed by atoms with Crippen LogP contribution >= 0.6 is 0 Å². The van der Waals surface area contributed by atoms with Crippen LogP contribution in [0.3, 0.4) is 0 Å². The summed E-state index contributed by atoms with van der Waals surface area (Å²) < 4.78 is 11.1. The summed E-state index contributed by atoms with van der Waals surface area (Å²) in [6.07, 6.45) is 4.37. The first-order valence-electron chi connectivity index (χ1n) is 12.1. The summed E-state index contributed by atoms with van der Waals surface area (Å²) in [5.74, 6) is 1.31. The number of piperidine rings is 2. The minimum Gasteiger partial charge on any atom is -0.497 e. The molecule has 3 heterocycles. The molecule has 0 saturated carbocycles. The van der Waals surface area contributed by atoms with Gasteiger partial charge < -0.3 is 19.7 Å². The molecular weight excluding hydrogens is 414 g/mol. The normalized spacial score (nSPS) is 26.4. The molecule has 0 radical (unpaired) electrons. The summed E-state index contributed by atoms with van der Waals surface area (Å²) in [6.45, 7) is 4.90. The van der Waals surface area contributed by atoms with Crippen molar-refractivity contribution in [3.8, 4) is 5.75 Å². The molecule has 176 valence electrons. The average molecular weight is 450 g/mol. The number of amides is 2. The fourth-order valence-electron chi connectivity index (χ4n) is 6.08. The van der Waals surface area contributed by atoms with Crippen LogP contribution in [-0.4, -0.2) is 55.7 Å². The summed E-state index contributed by atoms with van der Waals surface area (Å²) in [4.78, 5) is 18.4. The van der Waals surface area contributed by atoms with Crippen LogP contribution in [0.5, 0.6) is 5.75 Å². The number of carbonyl (C=O) groups excluding carboxylic acids is 1. The van der Waals surface area contributed by atoms with E-state index in [0.717, 1.165) is 50.2 Å². The second kappa shape index (κ2) is 8.99. The maximum atomic E-state index is 13.6. The highest BCUT2D eigenvalue weighted by Crippen LogP contribution is 2.43. The Bertz CT molecular complexity index is 994. The van der Waals surface area contributed by atoms with Gasteiger partial charge >= 0.3 is 6.03 Å². The van der Waals surface area contributed by atoms with E-state index in [1.807, 2.05) is 31.2 Å². The number of rotatable bonds is 4. The van der Waals surface area contributed by atoms with Crippen molar-refractivity contribution >= 4 is 6.03 Å². The molecule has 2 aromatic carbocycles. The highest BCUT2D eigenvalue weighted by Gasteiger charge is 2.44. The Balaban J connectivity index is 1.36. The minimum atomic E-state index is -0.908. The second-order valence-electron chi connectivity index (χ2n) is 9.75. The quantitative estimate of drug-likeness (QED) is 0.707. The van der Waals surface area contributed by atoms with Crippen molar-refractivity contribution in [2.75, 3.05) is 33.9 Å². The molecule has 6 heteroatoms. The molecule has 2 aromatic rings. The molecule has 2 saturated heterocycles. The van der Waals surface area contributed by atoms with Gasteiger partial charge in [-0.15, -0.1) is 0 Å². The number of hydrogen-bond acceptors (Lipinski definition) is 4. The van der Waals surface area contributed by atoms with E-state index in [-0.39, 0.29) is 12.1 Å². The molecule has 3 aliphatic heterocycles. The number of likely N-dealkylation sites (tertiary alicyclic amines) is 1. The lowest BCUT2D eigenvalue weighted by molar-refractivity contribution is -0.0332. The predicted octanol–water partition coefficient (Wildman–Crippen LogP) is 4.31. The van der Waals surface area contributed by atoms with Crippen LogP contribution in [-0.2, 0) is 16.9 Å². The largest absolute Gasteiger partial charge is 0.497 e. The van der Waals surface area contributed by atoms with Gasteiger partial charge in [-0.25, -0.2) is 4.79 Å². The van der Waals surface area contributed by atoms with Crippen molar-refractivity contribution in [2.24, 2.45) is 5.92 Å². The SMILES string of the molecule is COc1ccc([C@](C)(NC(=O)N2CCC[C@@H]3CN4CCc5ccccc5[C@H]4C[C@@H]32)OC)cc1. The van der Waals surface area contributed by atoms with E-state index in [4.69, 9.17) is 9.47 Å². The number of carbonyl (C=O) groups is 1. The van der Waals surface area contributed by atoms with Gasteiger partial charge in [0.15, 0.2) is 5.72 Å². The molecule has 3 aliphatic rings. The molecule has 2 fully saturated rings. The Morgan fingerprint density at radius 3 is 2.64 bits per heavy atom. The third kappa shape index (κ3) is 4.11. The van der Waals surface area contributed by atoms with Gasteiger partial charge in [0.1, 0.15) is 5.75 Å². The predicted molar refractivity (Wildman–Crippen MR) is 128 cm³/mol. The van der Waals surface area contributed by atoms with Crippen molar-refractivity contribution in [2.45, 2.75) is 50.4 Å². The van der Waals surface area contributed by atoms with Crippen molar-refractivity contribution < 1.29 is 14.3 Å². The van der Waals surface area contributed by atoms with E-state index in [1.54, 1.807) is 14.2 Å². The Hall–Kier alpha value is -2.57. The van der Waals surface area contributed by atoms with Gasteiger partial charge in [-0.05, 0) is 61.8 Å². The zero-order valence-corrected chi connectivity index (χ0v) is 19.9. The molecule has 0 aromatic heterocycles. The van der Waals surface area contributed by atoms with E-state index in [9.17, 15) is 4.79 Å². The second-order valence-corrected chi connectivity index (χ2v) is 9.75. The summed E-state index contributed by atoms with van der Waals surface area (Å²) in [7, 11) is 3.29. The summed E-state index contributed by atoms with van der Waals surface area (Å²) in [6, 6.07) is 17.1. The Morgan fingerprint density at radius 1 is 1.09 bits per heavy atom. The smallest absolute Gasteiger partial charge is 0.320 e. The van der Waals surface area contributed by atoms with Crippen LogP contribution in [0.25, 0.3) is 0 Å². The van der Waals surface area contributed by atoms with Gasteiger partial charge in [-0.1, -0.05) is 36.4 Å². The Labute approximate surface area is 196 Å². The fraction of sp³-hybridized carbons (Fsp3) is 0.519. The molecule has 2 amide bonds. The van der Waals surface area contributed by atoms with Crippen LogP contribution in [0.1, 0.15) is 48.9 Å². The third-order valence-electron chi connectivity index (χ3n) is 8.03. The molecule has 0 unspecified atom stereocenters. The van der Waals surface area contributed by atoms with Crippen LogP contribution in [0.15, 0.2) is 48.5 Å². The van der Waals surface area contributed by atoms with Crippen molar-refractivity contribution in [3.05, 3.63) is 65.2 Å². The molecule has 1 N–H and O–H groups in total. The topological polar surface area (TPSA) is 54.0 Å². The summed E-state index contributed by atoms with van der Waals surface area (Å²) in [5.41, 5.74) is 2.90. The van der Waals surface area contributed by atoms with Gasteiger partial charge in [0, 0.05) is 44.4 Å². The highest BCUT2D eigenvalue weighted by atomic mass is 16.5. The number of nitrogens with one attached hydrogen (secondary N) is 1. The lowest BCUT2D eigenvalue weighted by Gasteiger charge is -2.52. The lowest BCUT2D eigenvalue weighted by atomic mass is 9.77. The maximum absolute atomic E-state index is 13.6. The first-order valence-corrected chi connectivity index (χ1v) is 12.1. The summed E-state index contributed by atoms with van der Waals surface area (Å²) in [5, 5.41) is 3.20. The first kappa shape index (κ1) is 22.2. The van der Waals surface area contributed by atoms with Crippen LogP contribution in [0, 0.1) is 5.92 Å². The third-order valence-corrected chi connectivity index (χ3v) is 8.03. The zero-order valence-electron chi connectivity index (χ0n) is 19.9. The molecule has 4 atom stereocenters. The number of hydrogen-bond donors (Lipinski definition) is 1. The van der Waals surface area contributed by atoms with E-state index in [1.165, 1.54) is 17.5 Å². The highest BCUT2D eigenvalue weighted by molar-refractivity contribution is 5.75. The maximum Gasteiger partial charge on any atom is 0.320 e. The number of benzene rings is 2. The molecule has 0 bridgehead atoms. The molecule has 5 rings (SSSR count). The number of nitrogens with zero attached hydrogens (tertiary/aromatic N) is 2. The number of fused-ring (bicyclic) bond motifs is 4. The van der Waals surface area contributed by atoms with Crippen molar-refractivity contribution in [3.63, 3.8) is 0 Å². The Kier molecular flexibility index (Phi) is 6.06. The van der Waals surface area contributed by atoms with Crippen LogP contribution < -0.4 is 10.1 Å². The van der Waals surface area contributed by atoms with Gasteiger partial charge in [0.25, 0.3) is 0 Å². The van der Waals surface area contributed by atoms with E-state index >= 15 is 0 Å². The van der Waals surface area contributed by atoms with Crippen LogP contribution in [0.4, 0.5) is 4.79 Å². The number of methoxy groups -OCH3 is 2. The van der Waals surface area contributed by atoms with Gasteiger partial charge in [0.2, 0.25) is 0 Å². The van der Waals surface area contributed by atoms with Gasteiger partial charge in [-0.2, -0.15) is 0 Å². The van der Waals surface area contributed by atoms with Gasteiger partial charge in [-0.3, -0.25) is 4.90 Å². The van der Waals surface area contributed by atoms with Crippen molar-refractivity contribution in [1.82, 2.24) is 15.1 Å². The fourth-order valence-corrected chi connectivity index (χ4v) is 6.08. The average Bonchev–Trinajstić information content (AvgIpc) is 2.87. The van der Waals surface area contributed by atoms with Gasteiger partial charge in [0.05, 0.1) is 7.11 Å². The van der Waals surface area contributed by atoms with E-state index in [0.29, 0.717) is 12.0 Å². The number of urea groups is 1. The molecular formula is C27H35N3O3. The number of ether oxygens (including phenoxy) is 2. The minimum absolute atomic E-state index is 0.0394.